The van der Waals surface area contributed by atoms with E-state index in [0.29, 0.717) is 11.3 Å². The molecule has 5 N–H and O–H groups in total. The number of amides is 5. The Morgan fingerprint density at radius 2 is 1.81 bits per heavy atom. The maximum atomic E-state index is 13.9. The van der Waals surface area contributed by atoms with Crippen molar-refractivity contribution >= 4 is 29.4 Å². The highest BCUT2D eigenvalue weighted by Crippen LogP contribution is 2.15. The molecule has 2 aromatic carbocycles. The predicted molar refractivity (Wildman–Crippen MR) is 110 cm³/mol. The molecule has 0 aliphatic carbocycles. The number of anilines is 1. The van der Waals surface area contributed by atoms with Crippen molar-refractivity contribution in [2.24, 2.45) is 5.73 Å². The molecule has 31 heavy (non-hydrogen) atoms. The lowest BCUT2D eigenvalue weighted by atomic mass is 10.1. The van der Waals surface area contributed by atoms with E-state index in [0.717, 1.165) is 4.90 Å². The molecule has 0 saturated carbocycles. The summed E-state index contributed by atoms with van der Waals surface area (Å²) in [7, 11) is 0. The van der Waals surface area contributed by atoms with Gasteiger partial charge in [0.1, 0.15) is 18.0 Å². The Balaban J connectivity index is 1.66. The first-order valence-electron chi connectivity index (χ1n) is 9.51. The molecular formula is C21H22FN5O4. The van der Waals surface area contributed by atoms with E-state index in [4.69, 9.17) is 5.73 Å². The minimum atomic E-state index is -1.20. The molecule has 2 atom stereocenters. The van der Waals surface area contributed by atoms with Gasteiger partial charge in [0.25, 0.3) is 5.91 Å². The number of benzene rings is 2. The molecule has 0 radical (unpaired) electrons. The number of hydrogen-bond donors (Lipinski definition) is 4. The van der Waals surface area contributed by atoms with Gasteiger partial charge in [-0.25, -0.2) is 9.18 Å². The van der Waals surface area contributed by atoms with Crippen molar-refractivity contribution in [2.75, 3.05) is 5.32 Å². The van der Waals surface area contributed by atoms with Crippen LogP contribution in [-0.2, 0) is 27.3 Å². The summed E-state index contributed by atoms with van der Waals surface area (Å²) in [6.45, 7) is 1.10. The molecule has 1 heterocycles. The second kappa shape index (κ2) is 9.35. The van der Waals surface area contributed by atoms with Crippen LogP contribution in [0.25, 0.3) is 0 Å². The summed E-state index contributed by atoms with van der Waals surface area (Å²) in [4.78, 5) is 49.4. The number of urea groups is 1. The van der Waals surface area contributed by atoms with E-state index in [9.17, 15) is 23.6 Å². The number of hydrogen-bond acceptors (Lipinski definition) is 5. The fraction of sp³-hybridized carbons (Fsp3) is 0.238. The Labute approximate surface area is 177 Å². The zero-order valence-electron chi connectivity index (χ0n) is 16.7. The average Bonchev–Trinajstić information content (AvgIpc) is 2.71. The lowest BCUT2D eigenvalue weighted by molar-refractivity contribution is -0.136. The minimum absolute atomic E-state index is 0.0435. The average molecular weight is 427 g/mol. The summed E-state index contributed by atoms with van der Waals surface area (Å²) in [5.41, 5.74) is 7.24. The smallest absolute Gasteiger partial charge is 0.325 e. The SMILES string of the molecule is CC(=O)Nc1ccc(CC(=O)NC2C(=O)N(Cc3ccccc3F)C(=O)NC2N)cc1. The first kappa shape index (κ1) is 21.9. The third kappa shape index (κ3) is 5.43. The lowest BCUT2D eigenvalue weighted by Crippen LogP contribution is -2.70. The first-order chi connectivity index (χ1) is 14.7. The highest BCUT2D eigenvalue weighted by atomic mass is 19.1. The van der Waals surface area contributed by atoms with Gasteiger partial charge in [-0.15, -0.1) is 0 Å². The summed E-state index contributed by atoms with van der Waals surface area (Å²) in [6, 6.07) is 10.4. The largest absolute Gasteiger partial charge is 0.341 e. The summed E-state index contributed by atoms with van der Waals surface area (Å²) < 4.78 is 13.9. The molecule has 3 rings (SSSR count). The monoisotopic (exact) mass is 427 g/mol. The quantitative estimate of drug-likeness (QED) is 0.542. The van der Waals surface area contributed by atoms with Gasteiger partial charge >= 0.3 is 6.03 Å². The van der Waals surface area contributed by atoms with Gasteiger partial charge in [-0.1, -0.05) is 30.3 Å². The van der Waals surface area contributed by atoms with E-state index in [-0.39, 0.29) is 24.4 Å². The number of halogens is 1. The number of carbonyl (C=O) groups excluding carboxylic acids is 4. The van der Waals surface area contributed by atoms with E-state index in [1.54, 1.807) is 30.3 Å². The number of nitrogens with zero attached hydrogens (tertiary/aromatic N) is 1. The van der Waals surface area contributed by atoms with Crippen LogP contribution < -0.4 is 21.7 Å². The highest BCUT2D eigenvalue weighted by molar-refractivity contribution is 6.01. The molecule has 9 nitrogen and oxygen atoms in total. The Kier molecular flexibility index (Phi) is 6.61. The third-order valence-electron chi connectivity index (χ3n) is 4.67. The maximum Gasteiger partial charge on any atom is 0.325 e. The zero-order chi connectivity index (χ0) is 22.5. The molecular weight excluding hydrogens is 405 g/mol. The topological polar surface area (TPSA) is 134 Å². The lowest BCUT2D eigenvalue weighted by Gasteiger charge is -2.35. The molecule has 1 fully saturated rings. The van der Waals surface area contributed by atoms with Crippen molar-refractivity contribution in [3.05, 3.63) is 65.5 Å². The van der Waals surface area contributed by atoms with E-state index in [2.05, 4.69) is 16.0 Å². The molecule has 0 bridgehead atoms. The molecule has 0 spiro atoms. The summed E-state index contributed by atoms with van der Waals surface area (Å²) in [5.74, 6) is -1.98. The molecule has 1 saturated heterocycles. The molecule has 2 unspecified atom stereocenters. The fourth-order valence-electron chi connectivity index (χ4n) is 3.14. The van der Waals surface area contributed by atoms with Crippen LogP contribution in [0.3, 0.4) is 0 Å². The van der Waals surface area contributed by atoms with E-state index in [1.807, 2.05) is 0 Å². The third-order valence-corrected chi connectivity index (χ3v) is 4.67. The second-order valence-corrected chi connectivity index (χ2v) is 7.09. The van der Waals surface area contributed by atoms with Crippen LogP contribution >= 0.6 is 0 Å². The summed E-state index contributed by atoms with van der Waals surface area (Å²) in [6.07, 6.45) is -1.17. The number of nitrogens with one attached hydrogen (secondary N) is 3. The fourth-order valence-corrected chi connectivity index (χ4v) is 3.14. The van der Waals surface area contributed by atoms with Gasteiger partial charge in [-0.2, -0.15) is 0 Å². The normalized spacial score (nSPS) is 18.4. The molecule has 1 aliphatic rings. The minimum Gasteiger partial charge on any atom is -0.341 e. The van der Waals surface area contributed by atoms with Crippen LogP contribution in [0.4, 0.5) is 14.9 Å². The van der Waals surface area contributed by atoms with Gasteiger partial charge in [0.2, 0.25) is 11.8 Å². The van der Waals surface area contributed by atoms with Gasteiger partial charge in [0.15, 0.2) is 0 Å². The van der Waals surface area contributed by atoms with Crippen LogP contribution in [0.5, 0.6) is 0 Å². The van der Waals surface area contributed by atoms with Crippen molar-refractivity contribution in [2.45, 2.75) is 32.1 Å². The standard InChI is InChI=1S/C21H22FN5O4/c1-12(28)24-15-8-6-13(7-9-15)10-17(29)25-18-19(23)26-21(31)27(20(18)30)11-14-4-2-3-5-16(14)22/h2-9,18-19H,10-11,23H2,1H3,(H,24,28)(H,25,29)(H,26,31). The molecule has 1 aliphatic heterocycles. The van der Waals surface area contributed by atoms with Crippen LogP contribution in [0, 0.1) is 5.82 Å². The van der Waals surface area contributed by atoms with Gasteiger partial charge < -0.3 is 21.7 Å². The predicted octanol–water partition coefficient (Wildman–Crippen LogP) is 0.848. The molecule has 2 aromatic rings. The van der Waals surface area contributed by atoms with Gasteiger partial charge in [-0.05, 0) is 23.8 Å². The molecule has 162 valence electrons. The molecule has 5 amide bonds. The van der Waals surface area contributed by atoms with Crippen LogP contribution in [0.2, 0.25) is 0 Å². The molecule has 10 heteroatoms. The summed E-state index contributed by atoms with van der Waals surface area (Å²) >= 11 is 0. The van der Waals surface area contributed by atoms with Gasteiger partial charge in [-0.3, -0.25) is 19.3 Å². The number of carbonyl (C=O) groups is 4. The van der Waals surface area contributed by atoms with Gasteiger partial charge in [0.05, 0.1) is 13.0 Å². The number of rotatable bonds is 6. The summed E-state index contributed by atoms with van der Waals surface area (Å²) in [5, 5.41) is 7.56. The van der Waals surface area contributed by atoms with E-state index < -0.39 is 35.9 Å². The number of nitrogens with two attached hydrogens (primary N) is 1. The van der Waals surface area contributed by atoms with Crippen molar-refractivity contribution < 1.29 is 23.6 Å². The zero-order valence-corrected chi connectivity index (χ0v) is 16.7. The van der Waals surface area contributed by atoms with E-state index in [1.165, 1.54) is 25.1 Å². The highest BCUT2D eigenvalue weighted by Gasteiger charge is 2.40. The van der Waals surface area contributed by atoms with Crippen molar-refractivity contribution in [1.82, 2.24) is 15.5 Å². The Bertz CT molecular complexity index is 1010. The van der Waals surface area contributed by atoms with E-state index >= 15 is 0 Å². The molecule has 0 aromatic heterocycles. The second-order valence-electron chi connectivity index (χ2n) is 7.09. The van der Waals surface area contributed by atoms with Crippen LogP contribution in [-0.4, -0.2) is 40.9 Å². The number of imide groups is 1. The van der Waals surface area contributed by atoms with Crippen molar-refractivity contribution in [1.29, 1.82) is 0 Å². The Morgan fingerprint density at radius 1 is 1.13 bits per heavy atom. The Morgan fingerprint density at radius 3 is 2.45 bits per heavy atom. The van der Waals surface area contributed by atoms with Crippen LogP contribution in [0.1, 0.15) is 18.1 Å². The van der Waals surface area contributed by atoms with Gasteiger partial charge in [0, 0.05) is 18.2 Å². The van der Waals surface area contributed by atoms with Crippen molar-refractivity contribution in [3.63, 3.8) is 0 Å². The first-order valence-corrected chi connectivity index (χ1v) is 9.51. The van der Waals surface area contributed by atoms with Crippen LogP contribution in [0.15, 0.2) is 48.5 Å². The van der Waals surface area contributed by atoms with Crippen molar-refractivity contribution in [3.8, 4) is 0 Å². The maximum absolute atomic E-state index is 13.9. The Hall–Kier alpha value is -3.79.